The molecule has 1 atom stereocenters. The van der Waals surface area contributed by atoms with Crippen LogP contribution in [0.1, 0.15) is 34.5 Å². The van der Waals surface area contributed by atoms with Crippen molar-refractivity contribution in [1.29, 1.82) is 0 Å². The van der Waals surface area contributed by atoms with E-state index in [1.54, 1.807) is 18.2 Å². The lowest BCUT2D eigenvalue weighted by molar-refractivity contribution is -0.136. The molecule has 2 heterocycles. The molecule has 0 saturated carbocycles. The number of amides is 3. The first-order valence-corrected chi connectivity index (χ1v) is 11.5. The Morgan fingerprint density at radius 3 is 2.55 bits per heavy atom. The van der Waals surface area contributed by atoms with Crippen molar-refractivity contribution in [1.82, 2.24) is 9.99 Å². The van der Waals surface area contributed by atoms with E-state index in [-0.39, 0.29) is 18.3 Å². The number of aromatic nitrogens is 1. The molecule has 0 radical (unpaired) electrons. The van der Waals surface area contributed by atoms with Gasteiger partial charge in [0.2, 0.25) is 0 Å². The molecule has 172 valence electrons. The van der Waals surface area contributed by atoms with E-state index in [1.165, 1.54) is 4.68 Å². The van der Waals surface area contributed by atoms with E-state index in [0.29, 0.717) is 17.8 Å². The van der Waals surface area contributed by atoms with E-state index in [2.05, 4.69) is 32.0 Å². The Kier molecular flexibility index (Phi) is 6.80. The third-order valence-corrected chi connectivity index (χ3v) is 6.14. The summed E-state index contributed by atoms with van der Waals surface area (Å²) in [6.45, 7) is 4.76. The van der Waals surface area contributed by atoms with Gasteiger partial charge in [-0.05, 0) is 62.1 Å². The molecule has 2 aromatic carbocycles. The van der Waals surface area contributed by atoms with Gasteiger partial charge in [0.05, 0.1) is 11.6 Å². The van der Waals surface area contributed by atoms with Crippen molar-refractivity contribution < 1.29 is 19.1 Å². The second-order valence-corrected chi connectivity index (χ2v) is 8.99. The maximum absolute atomic E-state index is 13.2. The Bertz CT molecular complexity index is 1210. The first kappa shape index (κ1) is 23.0. The number of fused-ring (bicyclic) bond motifs is 1. The molecule has 0 aliphatic carbocycles. The molecule has 0 bridgehead atoms. The molecular formula is C24H25BrN4O4. The molecule has 1 saturated heterocycles. The van der Waals surface area contributed by atoms with Crippen LogP contribution in [0.4, 0.5) is 5.69 Å². The normalized spacial score (nSPS) is 15.4. The van der Waals surface area contributed by atoms with E-state index < -0.39 is 17.7 Å². The van der Waals surface area contributed by atoms with Gasteiger partial charge in [-0.2, -0.15) is 0 Å². The van der Waals surface area contributed by atoms with Crippen LogP contribution < -0.4 is 16.1 Å². The third-order valence-electron chi connectivity index (χ3n) is 5.65. The summed E-state index contributed by atoms with van der Waals surface area (Å²) in [6, 6.07) is 12.8. The Morgan fingerprint density at radius 2 is 1.85 bits per heavy atom. The van der Waals surface area contributed by atoms with Gasteiger partial charge >= 0.3 is 11.8 Å². The van der Waals surface area contributed by atoms with Crippen molar-refractivity contribution >= 4 is 50.2 Å². The molecule has 1 aliphatic heterocycles. The van der Waals surface area contributed by atoms with E-state index in [9.17, 15) is 14.4 Å². The topological polar surface area (TPSA) is 101 Å². The van der Waals surface area contributed by atoms with Crippen LogP contribution in [-0.2, 0) is 14.3 Å². The first-order valence-electron chi connectivity index (χ1n) is 10.7. The molecule has 3 aromatic rings. The average Bonchev–Trinajstić information content (AvgIpc) is 3.42. The molecule has 3 N–H and O–H groups in total. The minimum absolute atomic E-state index is 0.0785. The van der Waals surface area contributed by atoms with E-state index >= 15 is 0 Å². The number of para-hydroxylation sites is 1. The predicted molar refractivity (Wildman–Crippen MR) is 130 cm³/mol. The van der Waals surface area contributed by atoms with Gasteiger partial charge in [-0.15, -0.1) is 0 Å². The van der Waals surface area contributed by atoms with E-state index in [4.69, 9.17) is 4.74 Å². The first-order chi connectivity index (χ1) is 15.8. The molecule has 4 rings (SSSR count). The molecule has 0 unspecified atom stereocenters. The highest BCUT2D eigenvalue weighted by molar-refractivity contribution is 9.10. The Balaban J connectivity index is 1.59. The van der Waals surface area contributed by atoms with Crippen LogP contribution in [0.25, 0.3) is 10.9 Å². The summed E-state index contributed by atoms with van der Waals surface area (Å²) in [6.07, 6.45) is 1.71. The maximum atomic E-state index is 13.2. The number of anilines is 1. The molecular weight excluding hydrogens is 488 g/mol. The Labute approximate surface area is 199 Å². The second-order valence-electron chi connectivity index (χ2n) is 8.08. The Hall–Kier alpha value is -3.17. The number of nitrogens with zero attached hydrogens (tertiary/aromatic N) is 1. The predicted octanol–water partition coefficient (Wildman–Crippen LogP) is 3.64. The van der Waals surface area contributed by atoms with Gasteiger partial charge in [0.25, 0.3) is 5.91 Å². The fourth-order valence-corrected chi connectivity index (χ4v) is 4.29. The molecule has 8 nitrogen and oxygen atoms in total. The van der Waals surface area contributed by atoms with Crippen LogP contribution >= 0.6 is 15.9 Å². The van der Waals surface area contributed by atoms with Gasteiger partial charge in [0.15, 0.2) is 0 Å². The number of benzene rings is 2. The van der Waals surface area contributed by atoms with Crippen LogP contribution in [0, 0.1) is 13.8 Å². The zero-order valence-electron chi connectivity index (χ0n) is 18.4. The number of hydrogen-bond acceptors (Lipinski definition) is 4. The standard InChI is InChI=1S/C24H25BrN4O4/c1-14-5-3-6-15(2)21(14)27-22(30)20-12-16-11-17(25)8-9-19(16)29(20)28-24(32)23(31)26-13-18-7-4-10-33-18/h3,5-6,8-9,11-12,18H,4,7,10,13H2,1-2H3,(H,26,31)(H,27,30)(H,28,32)/t18-/m0/s1. The van der Waals surface area contributed by atoms with Crippen molar-refractivity contribution in [3.63, 3.8) is 0 Å². The van der Waals surface area contributed by atoms with Gasteiger partial charge in [0, 0.05) is 28.7 Å². The number of aryl methyl sites for hydroxylation is 2. The maximum Gasteiger partial charge on any atom is 0.328 e. The number of nitrogens with one attached hydrogen (secondary N) is 3. The average molecular weight is 513 g/mol. The van der Waals surface area contributed by atoms with Gasteiger partial charge in [-0.25, -0.2) is 4.68 Å². The SMILES string of the molecule is Cc1cccc(C)c1NC(=O)c1cc2cc(Br)ccc2n1NC(=O)C(=O)NC[C@@H]1CCCO1. The van der Waals surface area contributed by atoms with E-state index in [0.717, 1.165) is 33.8 Å². The second kappa shape index (κ2) is 9.76. The monoisotopic (exact) mass is 512 g/mol. The minimum Gasteiger partial charge on any atom is -0.376 e. The zero-order chi connectivity index (χ0) is 23.5. The smallest absolute Gasteiger partial charge is 0.328 e. The summed E-state index contributed by atoms with van der Waals surface area (Å²) in [5, 5.41) is 6.27. The molecule has 33 heavy (non-hydrogen) atoms. The molecule has 9 heteroatoms. The quantitative estimate of drug-likeness (QED) is 0.454. The zero-order valence-corrected chi connectivity index (χ0v) is 20.0. The van der Waals surface area contributed by atoms with Crippen molar-refractivity contribution in [2.75, 3.05) is 23.9 Å². The summed E-state index contributed by atoms with van der Waals surface area (Å²) in [5.74, 6) is -2.06. The summed E-state index contributed by atoms with van der Waals surface area (Å²) in [4.78, 5) is 38.3. The number of hydrogen-bond donors (Lipinski definition) is 3. The molecule has 3 amide bonds. The summed E-state index contributed by atoms with van der Waals surface area (Å²) >= 11 is 3.43. The van der Waals surface area contributed by atoms with Crippen LogP contribution in [0.3, 0.4) is 0 Å². The fraction of sp³-hybridized carbons (Fsp3) is 0.292. The summed E-state index contributed by atoms with van der Waals surface area (Å²) in [5.41, 5.74) is 5.92. The number of rotatable bonds is 5. The van der Waals surface area contributed by atoms with Gasteiger partial charge in [-0.3, -0.25) is 19.8 Å². The summed E-state index contributed by atoms with van der Waals surface area (Å²) in [7, 11) is 0. The van der Waals surface area contributed by atoms with Gasteiger partial charge in [0.1, 0.15) is 5.69 Å². The third kappa shape index (κ3) is 5.09. The van der Waals surface area contributed by atoms with E-state index in [1.807, 2.05) is 38.1 Å². The fourth-order valence-electron chi connectivity index (χ4n) is 3.91. The molecule has 1 aromatic heterocycles. The lowest BCUT2D eigenvalue weighted by Gasteiger charge is -2.15. The largest absolute Gasteiger partial charge is 0.376 e. The number of ether oxygens (including phenoxy) is 1. The van der Waals surface area contributed by atoms with Crippen LogP contribution in [0.15, 0.2) is 46.9 Å². The molecule has 1 aliphatic rings. The van der Waals surface area contributed by atoms with Crippen LogP contribution in [0.5, 0.6) is 0 Å². The highest BCUT2D eigenvalue weighted by atomic mass is 79.9. The molecule has 0 spiro atoms. The number of halogens is 1. The van der Waals surface area contributed by atoms with Crippen molar-refractivity contribution in [2.45, 2.75) is 32.8 Å². The van der Waals surface area contributed by atoms with Gasteiger partial charge in [-0.1, -0.05) is 34.1 Å². The lowest BCUT2D eigenvalue weighted by Crippen LogP contribution is -2.42. The lowest BCUT2D eigenvalue weighted by atomic mass is 10.1. The number of carbonyl (C=O) groups is 3. The highest BCUT2D eigenvalue weighted by Gasteiger charge is 2.23. The van der Waals surface area contributed by atoms with Crippen LogP contribution in [-0.4, -0.2) is 41.7 Å². The van der Waals surface area contributed by atoms with Crippen molar-refractivity contribution in [2.24, 2.45) is 0 Å². The van der Waals surface area contributed by atoms with Crippen LogP contribution in [0.2, 0.25) is 0 Å². The highest BCUT2D eigenvalue weighted by Crippen LogP contribution is 2.25. The summed E-state index contributed by atoms with van der Waals surface area (Å²) < 4.78 is 7.65. The molecule has 1 fully saturated rings. The number of carbonyl (C=O) groups excluding carboxylic acids is 3. The Morgan fingerprint density at radius 1 is 1.09 bits per heavy atom. The van der Waals surface area contributed by atoms with Crippen molar-refractivity contribution in [3.8, 4) is 0 Å². The minimum atomic E-state index is -0.866. The van der Waals surface area contributed by atoms with Crippen molar-refractivity contribution in [3.05, 3.63) is 63.8 Å². The van der Waals surface area contributed by atoms with Gasteiger partial charge < -0.3 is 15.4 Å².